The molecule has 3 rings (SSSR count). The molecular formula is C17H18N4O5S. The van der Waals surface area contributed by atoms with Crippen molar-refractivity contribution in [2.45, 2.75) is 19.8 Å². The van der Waals surface area contributed by atoms with Gasteiger partial charge in [-0.1, -0.05) is 0 Å². The Balaban J connectivity index is 1.71. The number of carbonyl (C=O) groups excluding carboxylic acids is 2. The monoisotopic (exact) mass is 390 g/mol. The number of hydrogen-bond donors (Lipinski definition) is 1. The van der Waals surface area contributed by atoms with Gasteiger partial charge in [0, 0.05) is 30.6 Å². The number of benzene rings is 1. The number of nitrogens with zero attached hydrogens (tertiary/aromatic N) is 3. The van der Waals surface area contributed by atoms with Gasteiger partial charge in [0.15, 0.2) is 11.7 Å². The number of hydrogen-bond acceptors (Lipinski definition) is 8. The fourth-order valence-corrected chi connectivity index (χ4v) is 3.51. The zero-order valence-corrected chi connectivity index (χ0v) is 15.5. The van der Waals surface area contributed by atoms with E-state index in [1.165, 1.54) is 23.5 Å². The molecule has 1 N–H and O–H groups in total. The summed E-state index contributed by atoms with van der Waals surface area (Å²) in [7, 11) is 0. The Kier molecular flexibility index (Phi) is 5.65. The lowest BCUT2D eigenvalue weighted by Gasteiger charge is -2.20. The van der Waals surface area contributed by atoms with Crippen LogP contribution >= 0.6 is 11.3 Å². The summed E-state index contributed by atoms with van der Waals surface area (Å²) in [6, 6.07) is 4.11. The third-order valence-electron chi connectivity index (χ3n) is 4.06. The van der Waals surface area contributed by atoms with Crippen LogP contribution in [-0.2, 0) is 9.53 Å². The summed E-state index contributed by atoms with van der Waals surface area (Å²) in [6.45, 7) is 2.83. The number of ether oxygens (including phenoxy) is 1. The van der Waals surface area contributed by atoms with Crippen LogP contribution in [0.2, 0.25) is 0 Å². The number of anilines is 2. The Hall–Kier alpha value is -3.01. The van der Waals surface area contributed by atoms with Crippen LogP contribution in [0.15, 0.2) is 23.6 Å². The molecule has 0 saturated carbocycles. The van der Waals surface area contributed by atoms with Crippen LogP contribution < -0.4 is 10.2 Å². The molecule has 0 radical (unpaired) electrons. The van der Waals surface area contributed by atoms with Gasteiger partial charge in [0.2, 0.25) is 0 Å². The van der Waals surface area contributed by atoms with Crippen molar-refractivity contribution in [1.29, 1.82) is 0 Å². The van der Waals surface area contributed by atoms with Crippen molar-refractivity contribution >= 4 is 39.7 Å². The lowest BCUT2D eigenvalue weighted by atomic mass is 10.1. The third-order valence-corrected chi connectivity index (χ3v) is 4.93. The Morgan fingerprint density at radius 2 is 2.11 bits per heavy atom. The zero-order valence-electron chi connectivity index (χ0n) is 14.6. The highest BCUT2D eigenvalue weighted by atomic mass is 32.1. The summed E-state index contributed by atoms with van der Waals surface area (Å²) < 4.78 is 5.08. The Bertz CT molecular complexity index is 876. The number of nitrogens with one attached hydrogen (secondary N) is 1. The van der Waals surface area contributed by atoms with Gasteiger partial charge in [0.25, 0.3) is 11.6 Å². The quantitative estimate of drug-likeness (QED) is 0.458. The minimum Gasteiger partial charge on any atom is -0.452 e. The van der Waals surface area contributed by atoms with E-state index in [1.54, 1.807) is 18.4 Å². The van der Waals surface area contributed by atoms with Crippen LogP contribution in [0.5, 0.6) is 0 Å². The van der Waals surface area contributed by atoms with Crippen molar-refractivity contribution < 1.29 is 19.2 Å². The molecule has 1 aromatic carbocycles. The topological polar surface area (TPSA) is 115 Å². The maximum absolute atomic E-state index is 12.5. The van der Waals surface area contributed by atoms with Gasteiger partial charge < -0.3 is 9.64 Å². The maximum Gasteiger partial charge on any atom is 0.341 e. The van der Waals surface area contributed by atoms with Crippen molar-refractivity contribution in [1.82, 2.24) is 4.98 Å². The Morgan fingerprint density at radius 3 is 2.74 bits per heavy atom. The van der Waals surface area contributed by atoms with Gasteiger partial charge in [-0.15, -0.1) is 11.3 Å². The molecule has 1 aromatic heterocycles. The molecular weight excluding hydrogens is 372 g/mol. The molecule has 142 valence electrons. The van der Waals surface area contributed by atoms with E-state index in [2.05, 4.69) is 10.3 Å². The van der Waals surface area contributed by atoms with Crippen molar-refractivity contribution in [3.8, 4) is 0 Å². The number of esters is 1. The van der Waals surface area contributed by atoms with E-state index < -0.39 is 23.4 Å². The molecule has 1 saturated heterocycles. The van der Waals surface area contributed by atoms with Crippen LogP contribution in [0.3, 0.4) is 0 Å². The Labute approximate surface area is 159 Å². The SMILES string of the molecule is Cc1csc(NC(=O)COC(=O)c2cc([N+](=O)[O-])ccc2N2CCCC2)n1. The largest absolute Gasteiger partial charge is 0.452 e. The van der Waals surface area contributed by atoms with Gasteiger partial charge >= 0.3 is 5.97 Å². The predicted molar refractivity (Wildman–Crippen MR) is 100 cm³/mol. The lowest BCUT2D eigenvalue weighted by Crippen LogP contribution is -2.24. The Morgan fingerprint density at radius 1 is 1.37 bits per heavy atom. The van der Waals surface area contributed by atoms with Gasteiger partial charge in [-0.2, -0.15) is 0 Å². The molecule has 27 heavy (non-hydrogen) atoms. The van der Waals surface area contributed by atoms with Crippen LogP contribution in [0.1, 0.15) is 28.9 Å². The third kappa shape index (κ3) is 4.59. The standard InChI is InChI=1S/C17H18N4O5S/c1-11-10-27-17(18-11)19-15(22)9-26-16(23)13-8-12(21(24)25)4-5-14(13)20-6-2-3-7-20/h4-5,8,10H,2-3,6-7,9H2,1H3,(H,18,19,22). The van der Waals surface area contributed by atoms with E-state index in [0.717, 1.165) is 31.6 Å². The fourth-order valence-electron chi connectivity index (χ4n) is 2.81. The van der Waals surface area contributed by atoms with Crippen LogP contribution in [0.25, 0.3) is 0 Å². The van der Waals surface area contributed by atoms with E-state index in [1.807, 2.05) is 4.90 Å². The molecule has 0 unspecified atom stereocenters. The van der Waals surface area contributed by atoms with Gasteiger partial charge in [-0.25, -0.2) is 9.78 Å². The number of nitro groups is 1. The molecule has 1 amide bonds. The van der Waals surface area contributed by atoms with E-state index in [-0.39, 0.29) is 11.3 Å². The number of rotatable bonds is 6. The molecule has 9 nitrogen and oxygen atoms in total. The van der Waals surface area contributed by atoms with Gasteiger partial charge in [-0.3, -0.25) is 20.2 Å². The molecule has 10 heteroatoms. The number of aryl methyl sites for hydroxylation is 1. The van der Waals surface area contributed by atoms with Crippen LogP contribution in [0.4, 0.5) is 16.5 Å². The minimum atomic E-state index is -0.772. The maximum atomic E-state index is 12.5. The highest BCUT2D eigenvalue weighted by Gasteiger charge is 2.24. The molecule has 1 aliphatic rings. The first-order chi connectivity index (χ1) is 12.9. The lowest BCUT2D eigenvalue weighted by molar-refractivity contribution is -0.384. The van der Waals surface area contributed by atoms with E-state index >= 15 is 0 Å². The summed E-state index contributed by atoms with van der Waals surface area (Å²) >= 11 is 1.27. The predicted octanol–water partition coefficient (Wildman–Crippen LogP) is 2.76. The molecule has 0 aliphatic carbocycles. The first-order valence-electron chi connectivity index (χ1n) is 8.36. The van der Waals surface area contributed by atoms with E-state index in [4.69, 9.17) is 4.74 Å². The molecule has 0 bridgehead atoms. The average molecular weight is 390 g/mol. The normalized spacial score (nSPS) is 13.4. The number of non-ortho nitro benzene ring substituents is 1. The number of aromatic nitrogens is 1. The smallest absolute Gasteiger partial charge is 0.341 e. The zero-order chi connectivity index (χ0) is 19.4. The van der Waals surface area contributed by atoms with Crippen molar-refractivity contribution in [3.63, 3.8) is 0 Å². The highest BCUT2D eigenvalue weighted by molar-refractivity contribution is 7.13. The molecule has 2 heterocycles. The summed E-state index contributed by atoms with van der Waals surface area (Å²) in [5.74, 6) is -1.29. The van der Waals surface area contributed by atoms with E-state index in [9.17, 15) is 19.7 Å². The van der Waals surface area contributed by atoms with Gasteiger partial charge in [-0.05, 0) is 25.8 Å². The minimum absolute atomic E-state index is 0.0870. The van der Waals surface area contributed by atoms with Crippen molar-refractivity contribution in [2.24, 2.45) is 0 Å². The summed E-state index contributed by atoms with van der Waals surface area (Å²) in [5.41, 5.74) is 1.25. The first-order valence-corrected chi connectivity index (χ1v) is 9.24. The fraction of sp³-hybridized carbons (Fsp3) is 0.353. The van der Waals surface area contributed by atoms with Gasteiger partial charge in [0.1, 0.15) is 0 Å². The average Bonchev–Trinajstić information content (AvgIpc) is 3.31. The summed E-state index contributed by atoms with van der Waals surface area (Å²) in [4.78, 5) is 41.0. The molecule has 1 fully saturated rings. The molecule has 1 aliphatic heterocycles. The first kappa shape index (κ1) is 18.8. The number of amides is 1. The van der Waals surface area contributed by atoms with Crippen LogP contribution in [-0.4, -0.2) is 41.5 Å². The summed E-state index contributed by atoms with van der Waals surface area (Å²) in [5, 5.41) is 15.8. The van der Waals surface area contributed by atoms with Crippen molar-refractivity contribution in [2.75, 3.05) is 29.9 Å². The number of nitro benzene ring substituents is 1. The molecule has 2 aromatic rings. The second kappa shape index (κ2) is 8.12. The van der Waals surface area contributed by atoms with E-state index in [0.29, 0.717) is 10.8 Å². The molecule has 0 spiro atoms. The van der Waals surface area contributed by atoms with Crippen LogP contribution in [0, 0.1) is 17.0 Å². The summed E-state index contributed by atoms with van der Waals surface area (Å²) in [6.07, 6.45) is 1.97. The molecule has 0 atom stereocenters. The second-order valence-corrected chi connectivity index (χ2v) is 6.93. The van der Waals surface area contributed by atoms with Crippen molar-refractivity contribution in [3.05, 3.63) is 45.0 Å². The second-order valence-electron chi connectivity index (χ2n) is 6.07. The number of carbonyl (C=O) groups is 2. The van der Waals surface area contributed by atoms with Gasteiger partial charge in [0.05, 0.1) is 21.9 Å². The highest BCUT2D eigenvalue weighted by Crippen LogP contribution is 2.29. The number of thiazole rings is 1.